The zero-order chi connectivity index (χ0) is 19.8. The molecule has 0 aliphatic carbocycles. The molecule has 0 spiro atoms. The quantitative estimate of drug-likeness (QED) is 0.819. The van der Waals surface area contributed by atoms with E-state index in [1.54, 1.807) is 18.2 Å². The Labute approximate surface area is 107 Å². The summed E-state index contributed by atoms with van der Waals surface area (Å²) in [5, 5.41) is 10.5. The van der Waals surface area contributed by atoms with E-state index in [1.807, 2.05) is 0 Å². The molecule has 0 bridgehead atoms. The largest absolute Gasteiger partial charge is 0.387 e. The van der Waals surface area contributed by atoms with Gasteiger partial charge in [-0.05, 0) is 25.5 Å². The Morgan fingerprint density at radius 1 is 1.33 bits per heavy atom. The van der Waals surface area contributed by atoms with Gasteiger partial charge >= 0.3 is 0 Å². The maximum absolute atomic E-state index is 10.5. The fraction of sp³-hybridized carbons (Fsp3) is 0.538. The lowest BCUT2D eigenvalue weighted by atomic mass is 10.0. The molecule has 0 saturated heterocycles. The molecule has 0 aliphatic rings. The molecule has 1 N–H and O–H groups in total. The summed E-state index contributed by atoms with van der Waals surface area (Å²) in [6.45, 7) is -12.2. The van der Waals surface area contributed by atoms with Gasteiger partial charge in [0.15, 0.2) is 0 Å². The van der Waals surface area contributed by atoms with Crippen LogP contribution in [0.5, 0.6) is 0 Å². The summed E-state index contributed by atoms with van der Waals surface area (Å²) in [5.74, 6) is 0. The van der Waals surface area contributed by atoms with Crippen LogP contribution in [-0.2, 0) is 0 Å². The number of likely N-dealkylation sites (N-methyl/N-ethyl adjacent to an activating group) is 1. The predicted octanol–water partition coefficient (Wildman–Crippen LogP) is 2.45. The Bertz CT molecular complexity index is 542. The molecule has 0 saturated carbocycles. The lowest BCUT2D eigenvalue weighted by molar-refractivity contribution is 0.0638. The predicted molar refractivity (Wildman–Crippen MR) is 63.8 cm³/mol. The van der Waals surface area contributed by atoms with E-state index in [2.05, 4.69) is 0 Å². The van der Waals surface area contributed by atoms with Crippen molar-refractivity contribution in [3.8, 4) is 0 Å². The second kappa shape index (κ2) is 5.89. The summed E-state index contributed by atoms with van der Waals surface area (Å²) in [6, 6.07) is 6.36. The van der Waals surface area contributed by atoms with E-state index < -0.39 is 38.8 Å². The summed E-state index contributed by atoms with van der Waals surface area (Å²) in [6.07, 6.45) is -1.50. The van der Waals surface area contributed by atoms with Gasteiger partial charge in [0.05, 0.1) is 6.10 Å². The van der Waals surface area contributed by atoms with Crippen LogP contribution in [0.3, 0.4) is 0 Å². The van der Waals surface area contributed by atoms with Gasteiger partial charge in [-0.15, -0.1) is 0 Å². The summed E-state index contributed by atoms with van der Waals surface area (Å²) >= 11 is 0. The average molecular weight is 217 g/mol. The Hall–Kier alpha value is -0.860. The Morgan fingerprint density at radius 2 is 1.93 bits per heavy atom. The summed E-state index contributed by atoms with van der Waals surface area (Å²) in [4.78, 5) is 0.0949. The van der Waals surface area contributed by atoms with Crippen molar-refractivity contribution in [2.75, 3.05) is 13.0 Å². The molecule has 0 aromatic heterocycles. The lowest BCUT2D eigenvalue weighted by Gasteiger charge is -2.30. The third-order valence-electron chi connectivity index (χ3n) is 2.25. The van der Waals surface area contributed by atoms with Crippen molar-refractivity contribution in [3.05, 3.63) is 35.9 Å². The van der Waals surface area contributed by atoms with E-state index >= 15 is 0 Å². The van der Waals surface area contributed by atoms with E-state index in [4.69, 9.17) is 13.7 Å². The first-order valence-corrected chi connectivity index (χ1v) is 4.57. The third kappa shape index (κ3) is 3.05. The van der Waals surface area contributed by atoms with Crippen LogP contribution in [0.15, 0.2) is 30.3 Å². The monoisotopic (exact) mass is 217 g/mol. The van der Waals surface area contributed by atoms with Gasteiger partial charge in [-0.2, -0.15) is 0 Å². The molecule has 2 atom stereocenters. The molecule has 2 heteroatoms. The van der Waals surface area contributed by atoms with Gasteiger partial charge in [-0.1, -0.05) is 44.0 Å². The number of aliphatic hydroxyl groups excluding tert-OH is 1. The van der Waals surface area contributed by atoms with E-state index in [0.29, 0.717) is 0 Å². The molecule has 1 rings (SSSR count). The van der Waals surface area contributed by atoms with Gasteiger partial charge in [0, 0.05) is 19.7 Å². The fourth-order valence-electron chi connectivity index (χ4n) is 1.30. The molecular weight excluding hydrogens is 186 g/mol. The van der Waals surface area contributed by atoms with Gasteiger partial charge in [-0.3, -0.25) is 4.90 Å². The molecule has 1 aromatic rings. The summed E-state index contributed by atoms with van der Waals surface area (Å²) < 4.78 is 75.8. The zero-order valence-corrected chi connectivity index (χ0v) is 8.44. The van der Waals surface area contributed by atoms with Gasteiger partial charge in [0.2, 0.25) is 0 Å². The standard InChI is InChI=1S/C13H21NO/c1-4-14(5-2)11(3)13(15)12-9-7-6-8-10-12/h6-11,13,15H,4-5H2,1-3H3/t11-,13-/m1/s1/i1D3,2D3,4D2,5D2. The zero-order valence-electron chi connectivity index (χ0n) is 18.4. The van der Waals surface area contributed by atoms with E-state index in [9.17, 15) is 5.11 Å². The van der Waals surface area contributed by atoms with Crippen molar-refractivity contribution in [1.29, 1.82) is 0 Å². The average Bonchev–Trinajstić information content (AvgIpc) is 2.44. The normalized spacial score (nSPS) is 28.7. The van der Waals surface area contributed by atoms with Crippen molar-refractivity contribution < 1.29 is 18.8 Å². The van der Waals surface area contributed by atoms with Gasteiger partial charge < -0.3 is 5.11 Å². The Kier molecular flexibility index (Phi) is 1.64. The molecule has 0 aliphatic heterocycles. The molecule has 84 valence electrons. The van der Waals surface area contributed by atoms with Crippen LogP contribution in [0.25, 0.3) is 0 Å². The summed E-state index contributed by atoms with van der Waals surface area (Å²) in [7, 11) is 0. The topological polar surface area (TPSA) is 23.5 Å². The molecule has 0 heterocycles. The first-order chi connectivity index (χ1) is 11.0. The van der Waals surface area contributed by atoms with Gasteiger partial charge in [0.1, 0.15) is 0 Å². The highest BCUT2D eigenvalue weighted by molar-refractivity contribution is 5.18. The smallest absolute Gasteiger partial charge is 0.0942 e. The molecule has 2 nitrogen and oxygen atoms in total. The molecule has 1 aromatic carbocycles. The number of hydrogen-bond donors (Lipinski definition) is 1. The van der Waals surface area contributed by atoms with Crippen molar-refractivity contribution in [3.63, 3.8) is 0 Å². The second-order valence-electron chi connectivity index (χ2n) is 3.19. The highest BCUT2D eigenvalue weighted by Gasteiger charge is 2.20. The van der Waals surface area contributed by atoms with E-state index in [-0.39, 0.29) is 10.5 Å². The highest BCUT2D eigenvalue weighted by Crippen LogP contribution is 2.20. The maximum Gasteiger partial charge on any atom is 0.0942 e. The minimum absolute atomic E-state index is 0.0949. The van der Waals surface area contributed by atoms with Crippen molar-refractivity contribution in [2.24, 2.45) is 0 Å². The second-order valence-corrected chi connectivity index (χ2v) is 3.19. The van der Waals surface area contributed by atoms with Gasteiger partial charge in [0.25, 0.3) is 0 Å². The molecule has 0 fully saturated rings. The van der Waals surface area contributed by atoms with Crippen LogP contribution in [0.1, 0.15) is 46.0 Å². The van der Waals surface area contributed by atoms with Crippen molar-refractivity contribution in [1.82, 2.24) is 4.90 Å². The van der Waals surface area contributed by atoms with Crippen LogP contribution in [0, 0.1) is 0 Å². The third-order valence-corrected chi connectivity index (χ3v) is 2.25. The first kappa shape index (κ1) is 4.19. The SMILES string of the molecule is [2H]C([2H])([2H])C([2H])([2H])N([C@H](C)[C@@H](O)c1ccccc1)C([2H])([2H])C([2H])([2H])[2H]. The fourth-order valence-corrected chi connectivity index (χ4v) is 1.30. The highest BCUT2D eigenvalue weighted by atomic mass is 16.3. The van der Waals surface area contributed by atoms with E-state index in [1.165, 1.54) is 19.1 Å². The number of rotatable bonds is 5. The Morgan fingerprint density at radius 3 is 2.47 bits per heavy atom. The lowest BCUT2D eigenvalue weighted by Crippen LogP contribution is -2.37. The molecule has 0 radical (unpaired) electrons. The Balaban J connectivity index is 3.47. The van der Waals surface area contributed by atoms with Crippen LogP contribution >= 0.6 is 0 Å². The molecule has 0 amide bonds. The first-order valence-electron chi connectivity index (χ1n) is 9.57. The minimum Gasteiger partial charge on any atom is -0.387 e. The van der Waals surface area contributed by atoms with Crippen molar-refractivity contribution in [2.45, 2.75) is 32.8 Å². The van der Waals surface area contributed by atoms with E-state index in [0.717, 1.165) is 0 Å². The number of aliphatic hydroxyl groups is 1. The molecule has 0 unspecified atom stereocenters. The maximum atomic E-state index is 10.5. The molecule has 15 heavy (non-hydrogen) atoms. The molecular formula is C13H21NO. The summed E-state index contributed by atoms with van der Waals surface area (Å²) in [5.41, 5.74) is 0.280. The number of benzene rings is 1. The van der Waals surface area contributed by atoms with Gasteiger partial charge in [-0.25, -0.2) is 0 Å². The van der Waals surface area contributed by atoms with Crippen molar-refractivity contribution >= 4 is 0 Å². The number of nitrogens with zero attached hydrogens (tertiary/aromatic N) is 1. The van der Waals surface area contributed by atoms with Crippen LogP contribution in [-0.4, -0.2) is 29.0 Å². The van der Waals surface area contributed by atoms with Crippen LogP contribution in [0.4, 0.5) is 0 Å². The van der Waals surface area contributed by atoms with Crippen LogP contribution < -0.4 is 0 Å². The van der Waals surface area contributed by atoms with Crippen LogP contribution in [0.2, 0.25) is 0 Å². The number of hydrogen-bond acceptors (Lipinski definition) is 2. The minimum atomic E-state index is -3.34.